The molecule has 2 aromatic carbocycles. The van der Waals surface area contributed by atoms with E-state index in [-0.39, 0.29) is 0 Å². The quantitative estimate of drug-likeness (QED) is 0.751. The van der Waals surface area contributed by atoms with E-state index in [0.29, 0.717) is 27.4 Å². The Labute approximate surface area is 115 Å². The first kappa shape index (κ1) is 12.6. The third-order valence-corrected chi connectivity index (χ3v) is 3.00. The molecule has 0 atom stereocenters. The van der Waals surface area contributed by atoms with Gasteiger partial charge in [0.05, 0.1) is 5.02 Å². The minimum absolute atomic E-state index is 0.428. The minimum Gasteiger partial charge on any atom is -0.487 e. The second kappa shape index (κ2) is 5.63. The van der Waals surface area contributed by atoms with Crippen molar-refractivity contribution < 1.29 is 4.74 Å². The Morgan fingerprint density at radius 3 is 2.18 bits per heavy atom. The van der Waals surface area contributed by atoms with Gasteiger partial charge in [-0.15, -0.1) is 0 Å². The molecule has 4 heteroatoms. The number of rotatable bonds is 3. The monoisotopic (exact) mass is 286 g/mol. The smallest absolute Gasteiger partial charge is 0.139 e. The molecule has 0 saturated carbocycles. The molecule has 0 spiro atoms. The fourth-order valence-electron chi connectivity index (χ4n) is 1.33. The molecule has 0 amide bonds. The summed E-state index contributed by atoms with van der Waals surface area (Å²) in [6.45, 7) is 0.428. The summed E-state index contributed by atoms with van der Waals surface area (Å²) < 4.78 is 5.58. The highest BCUT2D eigenvalue weighted by Gasteiger charge is 2.03. The minimum atomic E-state index is 0.428. The highest BCUT2D eigenvalue weighted by atomic mass is 35.5. The standard InChI is InChI=1S/C13H9Cl3O/c14-10-3-1-9(2-4-10)8-17-13-7-11(15)5-6-12(13)16/h1-7H,8H2. The van der Waals surface area contributed by atoms with Gasteiger partial charge < -0.3 is 4.74 Å². The van der Waals surface area contributed by atoms with E-state index in [4.69, 9.17) is 39.5 Å². The van der Waals surface area contributed by atoms with Crippen molar-refractivity contribution in [1.29, 1.82) is 0 Å². The van der Waals surface area contributed by atoms with Gasteiger partial charge in [0, 0.05) is 16.1 Å². The van der Waals surface area contributed by atoms with Gasteiger partial charge in [-0.1, -0.05) is 46.9 Å². The Morgan fingerprint density at radius 1 is 0.824 bits per heavy atom. The third kappa shape index (κ3) is 3.53. The van der Waals surface area contributed by atoms with Gasteiger partial charge in [0.25, 0.3) is 0 Å². The summed E-state index contributed by atoms with van der Waals surface area (Å²) in [5, 5.41) is 1.85. The number of hydrogen-bond acceptors (Lipinski definition) is 1. The van der Waals surface area contributed by atoms with Gasteiger partial charge in [0.2, 0.25) is 0 Å². The fourth-order valence-corrected chi connectivity index (χ4v) is 1.79. The lowest BCUT2D eigenvalue weighted by Crippen LogP contribution is -1.95. The lowest BCUT2D eigenvalue weighted by molar-refractivity contribution is 0.306. The topological polar surface area (TPSA) is 9.23 Å². The molecule has 2 rings (SSSR count). The molecule has 0 aliphatic heterocycles. The summed E-state index contributed by atoms with van der Waals surface area (Å²) in [6.07, 6.45) is 0. The van der Waals surface area contributed by atoms with Crippen LogP contribution in [0.1, 0.15) is 5.56 Å². The first-order chi connectivity index (χ1) is 8.15. The number of ether oxygens (including phenoxy) is 1. The molecule has 0 saturated heterocycles. The maximum absolute atomic E-state index is 5.98. The predicted octanol–water partition coefficient (Wildman–Crippen LogP) is 5.23. The molecule has 0 radical (unpaired) electrons. The lowest BCUT2D eigenvalue weighted by Gasteiger charge is -2.08. The van der Waals surface area contributed by atoms with Gasteiger partial charge in [0.15, 0.2) is 0 Å². The average molecular weight is 288 g/mol. The van der Waals surface area contributed by atoms with E-state index in [2.05, 4.69) is 0 Å². The first-order valence-electron chi connectivity index (χ1n) is 4.97. The maximum Gasteiger partial charge on any atom is 0.139 e. The summed E-state index contributed by atoms with van der Waals surface area (Å²) >= 11 is 17.6. The van der Waals surface area contributed by atoms with Crippen molar-refractivity contribution in [2.24, 2.45) is 0 Å². The van der Waals surface area contributed by atoms with E-state index in [0.717, 1.165) is 5.56 Å². The molecular weight excluding hydrogens is 279 g/mol. The molecule has 0 aliphatic carbocycles. The number of halogens is 3. The van der Waals surface area contributed by atoms with E-state index in [9.17, 15) is 0 Å². The molecule has 0 bridgehead atoms. The zero-order chi connectivity index (χ0) is 12.3. The largest absolute Gasteiger partial charge is 0.487 e. The van der Waals surface area contributed by atoms with E-state index in [1.807, 2.05) is 24.3 Å². The molecule has 2 aromatic rings. The molecule has 17 heavy (non-hydrogen) atoms. The summed E-state index contributed by atoms with van der Waals surface area (Å²) in [7, 11) is 0. The molecule has 0 heterocycles. The first-order valence-corrected chi connectivity index (χ1v) is 6.11. The van der Waals surface area contributed by atoms with Crippen LogP contribution in [0.4, 0.5) is 0 Å². The molecule has 0 N–H and O–H groups in total. The van der Waals surface area contributed by atoms with E-state index in [1.54, 1.807) is 18.2 Å². The van der Waals surface area contributed by atoms with Crippen LogP contribution in [-0.2, 0) is 6.61 Å². The van der Waals surface area contributed by atoms with E-state index in [1.165, 1.54) is 0 Å². The van der Waals surface area contributed by atoms with Gasteiger partial charge in [0.1, 0.15) is 12.4 Å². The second-order valence-electron chi connectivity index (χ2n) is 3.49. The molecule has 0 aromatic heterocycles. The predicted molar refractivity (Wildman–Crippen MR) is 72.2 cm³/mol. The van der Waals surface area contributed by atoms with Gasteiger partial charge >= 0.3 is 0 Å². The Hall–Kier alpha value is -0.890. The van der Waals surface area contributed by atoms with Crippen molar-refractivity contribution in [3.05, 3.63) is 63.1 Å². The lowest BCUT2D eigenvalue weighted by atomic mass is 10.2. The fraction of sp³-hybridized carbons (Fsp3) is 0.0769. The van der Waals surface area contributed by atoms with Crippen LogP contribution in [0.2, 0.25) is 15.1 Å². The highest BCUT2D eigenvalue weighted by molar-refractivity contribution is 6.34. The average Bonchev–Trinajstić information content (AvgIpc) is 2.32. The Kier molecular flexibility index (Phi) is 4.16. The third-order valence-electron chi connectivity index (χ3n) is 2.20. The van der Waals surface area contributed by atoms with Crippen LogP contribution in [0.15, 0.2) is 42.5 Å². The Morgan fingerprint density at radius 2 is 1.47 bits per heavy atom. The number of benzene rings is 2. The van der Waals surface area contributed by atoms with E-state index >= 15 is 0 Å². The highest BCUT2D eigenvalue weighted by Crippen LogP contribution is 2.28. The zero-order valence-corrected chi connectivity index (χ0v) is 11.1. The maximum atomic E-state index is 5.98. The van der Waals surface area contributed by atoms with Crippen molar-refractivity contribution in [3.63, 3.8) is 0 Å². The van der Waals surface area contributed by atoms with Crippen LogP contribution in [0.3, 0.4) is 0 Å². The molecule has 0 fully saturated rings. The van der Waals surface area contributed by atoms with Crippen LogP contribution < -0.4 is 4.74 Å². The van der Waals surface area contributed by atoms with Gasteiger partial charge in [-0.2, -0.15) is 0 Å². The number of hydrogen-bond donors (Lipinski definition) is 0. The van der Waals surface area contributed by atoms with Crippen LogP contribution in [0.5, 0.6) is 5.75 Å². The van der Waals surface area contributed by atoms with Crippen molar-refractivity contribution in [2.45, 2.75) is 6.61 Å². The van der Waals surface area contributed by atoms with Gasteiger partial charge in [-0.25, -0.2) is 0 Å². The molecule has 1 nitrogen and oxygen atoms in total. The zero-order valence-electron chi connectivity index (χ0n) is 8.79. The molecule has 0 unspecified atom stereocenters. The molecule has 0 aliphatic rings. The van der Waals surface area contributed by atoms with Crippen LogP contribution in [-0.4, -0.2) is 0 Å². The SMILES string of the molecule is Clc1ccc(COc2cc(Cl)ccc2Cl)cc1. The summed E-state index contributed by atoms with van der Waals surface area (Å²) in [5.41, 5.74) is 1.02. The summed E-state index contributed by atoms with van der Waals surface area (Å²) in [5.74, 6) is 0.578. The van der Waals surface area contributed by atoms with Crippen LogP contribution in [0.25, 0.3) is 0 Å². The Balaban J connectivity index is 2.07. The van der Waals surface area contributed by atoms with Crippen LogP contribution in [0, 0.1) is 0 Å². The van der Waals surface area contributed by atoms with Gasteiger partial charge in [-0.3, -0.25) is 0 Å². The molecular formula is C13H9Cl3O. The van der Waals surface area contributed by atoms with E-state index < -0.39 is 0 Å². The normalized spacial score (nSPS) is 10.3. The summed E-state index contributed by atoms with van der Waals surface area (Å²) in [6, 6.07) is 12.6. The van der Waals surface area contributed by atoms with Crippen LogP contribution >= 0.6 is 34.8 Å². The molecule has 88 valence electrons. The second-order valence-corrected chi connectivity index (χ2v) is 4.77. The van der Waals surface area contributed by atoms with Crippen molar-refractivity contribution in [3.8, 4) is 5.75 Å². The van der Waals surface area contributed by atoms with Crippen molar-refractivity contribution in [1.82, 2.24) is 0 Å². The van der Waals surface area contributed by atoms with Crippen molar-refractivity contribution >= 4 is 34.8 Å². The Bertz CT molecular complexity index is 509. The summed E-state index contributed by atoms with van der Waals surface area (Å²) in [4.78, 5) is 0. The van der Waals surface area contributed by atoms with Crippen molar-refractivity contribution in [2.75, 3.05) is 0 Å². The van der Waals surface area contributed by atoms with Gasteiger partial charge in [-0.05, 0) is 29.8 Å².